The molecule has 0 heterocycles. The Morgan fingerprint density at radius 3 is 2.81 bits per heavy atom. The molecule has 0 saturated heterocycles. The predicted molar refractivity (Wildman–Crippen MR) is 60.8 cm³/mol. The van der Waals surface area contributed by atoms with Crippen LogP contribution >= 0.6 is 0 Å². The van der Waals surface area contributed by atoms with E-state index in [2.05, 4.69) is 0 Å². The maximum absolute atomic E-state index is 10.9. The van der Waals surface area contributed by atoms with Crippen molar-refractivity contribution in [1.29, 1.82) is 0 Å². The van der Waals surface area contributed by atoms with Gasteiger partial charge in [-0.25, -0.2) is 0 Å². The van der Waals surface area contributed by atoms with Gasteiger partial charge < -0.3 is 9.84 Å². The summed E-state index contributed by atoms with van der Waals surface area (Å²) in [7, 11) is 0. The summed E-state index contributed by atoms with van der Waals surface area (Å²) in [5.41, 5.74) is 0.796. The molecule has 0 bridgehead atoms. The number of carbonyl (C=O) groups is 1. The van der Waals surface area contributed by atoms with Crippen LogP contribution < -0.4 is 4.74 Å². The standard InChI is InChI=1S/C13H16O3/c1-9(13(14)15)10-4-2-7-12(8-10)16-11-5-3-6-11/h2,4,7-9,11H,3,5-6H2,1H3,(H,14,15). The second kappa shape index (κ2) is 4.56. The van der Waals surface area contributed by atoms with Gasteiger partial charge in [-0.15, -0.1) is 0 Å². The van der Waals surface area contributed by atoms with Gasteiger partial charge in [0.15, 0.2) is 0 Å². The summed E-state index contributed by atoms with van der Waals surface area (Å²) in [6.45, 7) is 1.69. The molecular weight excluding hydrogens is 204 g/mol. The molecule has 1 atom stereocenters. The molecule has 1 N–H and O–H groups in total. The van der Waals surface area contributed by atoms with Crippen LogP contribution in [0.4, 0.5) is 0 Å². The first-order valence-electron chi connectivity index (χ1n) is 5.66. The van der Waals surface area contributed by atoms with Gasteiger partial charge in [-0.1, -0.05) is 12.1 Å². The fraction of sp³-hybridized carbons (Fsp3) is 0.462. The summed E-state index contributed by atoms with van der Waals surface area (Å²) >= 11 is 0. The van der Waals surface area contributed by atoms with Crippen LogP contribution in [0.1, 0.15) is 37.7 Å². The fourth-order valence-corrected chi connectivity index (χ4v) is 1.68. The SMILES string of the molecule is CC(C(=O)O)c1cccc(OC2CCC2)c1. The van der Waals surface area contributed by atoms with Crippen molar-refractivity contribution in [3.63, 3.8) is 0 Å². The minimum atomic E-state index is -0.805. The van der Waals surface area contributed by atoms with Gasteiger partial charge in [-0.2, -0.15) is 0 Å². The van der Waals surface area contributed by atoms with E-state index in [0.29, 0.717) is 6.10 Å². The molecule has 1 saturated carbocycles. The molecule has 0 aromatic heterocycles. The topological polar surface area (TPSA) is 46.5 Å². The quantitative estimate of drug-likeness (QED) is 0.848. The summed E-state index contributed by atoms with van der Waals surface area (Å²) < 4.78 is 5.73. The van der Waals surface area contributed by atoms with Gasteiger partial charge in [0.1, 0.15) is 5.75 Å². The molecule has 1 aliphatic rings. The lowest BCUT2D eigenvalue weighted by atomic mass is 9.96. The number of carboxylic acids is 1. The van der Waals surface area contributed by atoms with Gasteiger partial charge in [-0.3, -0.25) is 4.79 Å². The van der Waals surface area contributed by atoms with Crippen LogP contribution in [0.15, 0.2) is 24.3 Å². The highest BCUT2D eigenvalue weighted by atomic mass is 16.5. The molecule has 0 spiro atoms. The van der Waals surface area contributed by atoms with Gasteiger partial charge in [0.25, 0.3) is 0 Å². The van der Waals surface area contributed by atoms with Gasteiger partial charge in [0, 0.05) is 0 Å². The first-order valence-corrected chi connectivity index (χ1v) is 5.66. The van der Waals surface area contributed by atoms with Gasteiger partial charge in [-0.05, 0) is 43.9 Å². The van der Waals surface area contributed by atoms with E-state index in [1.54, 1.807) is 6.92 Å². The second-order valence-electron chi connectivity index (χ2n) is 4.30. The molecular formula is C13H16O3. The highest BCUT2D eigenvalue weighted by Crippen LogP contribution is 2.27. The van der Waals surface area contributed by atoms with Crippen LogP contribution in [0, 0.1) is 0 Å². The minimum absolute atomic E-state index is 0.329. The van der Waals surface area contributed by atoms with Crippen LogP contribution in [0.2, 0.25) is 0 Å². The summed E-state index contributed by atoms with van der Waals surface area (Å²) in [6, 6.07) is 7.39. The van der Waals surface area contributed by atoms with Gasteiger partial charge >= 0.3 is 5.97 Å². The van der Waals surface area contributed by atoms with Crippen molar-refractivity contribution in [2.45, 2.75) is 38.2 Å². The third-order valence-electron chi connectivity index (χ3n) is 3.08. The van der Waals surface area contributed by atoms with Crippen molar-refractivity contribution in [2.24, 2.45) is 0 Å². The Balaban J connectivity index is 2.08. The lowest BCUT2D eigenvalue weighted by Crippen LogP contribution is -2.24. The van der Waals surface area contributed by atoms with Crippen LogP contribution in [-0.2, 0) is 4.79 Å². The van der Waals surface area contributed by atoms with Crippen LogP contribution in [0.3, 0.4) is 0 Å². The molecule has 1 aliphatic carbocycles. The Morgan fingerprint density at radius 1 is 1.50 bits per heavy atom. The zero-order chi connectivity index (χ0) is 11.5. The minimum Gasteiger partial charge on any atom is -0.490 e. The predicted octanol–water partition coefficient (Wildman–Crippen LogP) is 2.81. The number of aliphatic carboxylic acids is 1. The van der Waals surface area contributed by atoms with Gasteiger partial charge in [0.2, 0.25) is 0 Å². The number of benzene rings is 1. The van der Waals surface area contributed by atoms with E-state index >= 15 is 0 Å². The van der Waals surface area contributed by atoms with Crippen molar-refractivity contribution in [1.82, 2.24) is 0 Å². The van der Waals surface area contributed by atoms with E-state index in [1.807, 2.05) is 24.3 Å². The molecule has 3 heteroatoms. The van der Waals surface area contributed by atoms with E-state index in [4.69, 9.17) is 9.84 Å². The Kier molecular flexibility index (Phi) is 3.13. The highest BCUT2D eigenvalue weighted by molar-refractivity contribution is 5.75. The Labute approximate surface area is 95.0 Å². The first kappa shape index (κ1) is 11.0. The van der Waals surface area contributed by atoms with Crippen molar-refractivity contribution in [2.75, 3.05) is 0 Å². The summed E-state index contributed by atoms with van der Waals surface area (Å²) in [6.07, 6.45) is 3.78. The van der Waals surface area contributed by atoms with E-state index in [0.717, 1.165) is 24.2 Å². The maximum Gasteiger partial charge on any atom is 0.310 e. The summed E-state index contributed by atoms with van der Waals surface area (Å²) in [5.74, 6) is -0.499. The lowest BCUT2D eigenvalue weighted by molar-refractivity contribution is -0.138. The van der Waals surface area contributed by atoms with Crippen LogP contribution in [0.5, 0.6) is 5.75 Å². The average Bonchev–Trinajstić information content (AvgIpc) is 2.23. The third-order valence-corrected chi connectivity index (χ3v) is 3.08. The lowest BCUT2D eigenvalue weighted by Gasteiger charge is -2.26. The van der Waals surface area contributed by atoms with E-state index in [1.165, 1.54) is 6.42 Å². The largest absolute Gasteiger partial charge is 0.490 e. The zero-order valence-corrected chi connectivity index (χ0v) is 9.35. The van der Waals surface area contributed by atoms with E-state index in [9.17, 15) is 4.79 Å². The monoisotopic (exact) mass is 220 g/mol. The molecule has 1 unspecified atom stereocenters. The molecule has 1 fully saturated rings. The molecule has 0 radical (unpaired) electrons. The summed E-state index contributed by atoms with van der Waals surface area (Å²) in [5, 5.41) is 8.92. The second-order valence-corrected chi connectivity index (χ2v) is 4.30. The van der Waals surface area contributed by atoms with E-state index in [-0.39, 0.29) is 0 Å². The van der Waals surface area contributed by atoms with Crippen molar-refractivity contribution < 1.29 is 14.6 Å². The molecule has 0 aliphatic heterocycles. The van der Waals surface area contributed by atoms with E-state index < -0.39 is 11.9 Å². The number of carboxylic acid groups (broad SMARTS) is 1. The van der Waals surface area contributed by atoms with Crippen molar-refractivity contribution in [3.05, 3.63) is 29.8 Å². The number of rotatable bonds is 4. The maximum atomic E-state index is 10.9. The van der Waals surface area contributed by atoms with Crippen LogP contribution in [-0.4, -0.2) is 17.2 Å². The smallest absolute Gasteiger partial charge is 0.310 e. The highest BCUT2D eigenvalue weighted by Gasteiger charge is 2.20. The number of hydrogen-bond donors (Lipinski definition) is 1. The molecule has 1 aromatic rings. The summed E-state index contributed by atoms with van der Waals surface area (Å²) in [4.78, 5) is 10.9. The molecule has 2 rings (SSSR count). The molecule has 0 amide bonds. The van der Waals surface area contributed by atoms with Crippen LogP contribution in [0.25, 0.3) is 0 Å². The zero-order valence-electron chi connectivity index (χ0n) is 9.35. The Hall–Kier alpha value is -1.51. The first-order chi connectivity index (χ1) is 7.66. The third kappa shape index (κ3) is 2.35. The number of ether oxygens (including phenoxy) is 1. The average molecular weight is 220 g/mol. The normalized spacial score (nSPS) is 17.6. The van der Waals surface area contributed by atoms with Crippen molar-refractivity contribution >= 4 is 5.97 Å². The molecule has 3 nitrogen and oxygen atoms in total. The Bertz CT molecular complexity index is 383. The van der Waals surface area contributed by atoms with Gasteiger partial charge in [0.05, 0.1) is 12.0 Å². The Morgan fingerprint density at radius 2 is 2.25 bits per heavy atom. The molecule has 16 heavy (non-hydrogen) atoms. The molecule has 86 valence electrons. The molecule has 1 aromatic carbocycles. The van der Waals surface area contributed by atoms with Crippen molar-refractivity contribution in [3.8, 4) is 5.75 Å². The fourth-order valence-electron chi connectivity index (χ4n) is 1.68. The number of hydrogen-bond acceptors (Lipinski definition) is 2.